The Morgan fingerprint density at radius 3 is 2.03 bits per heavy atom. The summed E-state index contributed by atoms with van der Waals surface area (Å²) in [6.45, 7) is -0.213. The van der Waals surface area contributed by atoms with Gasteiger partial charge in [0.15, 0.2) is 0 Å². The molecule has 3 rings (SSSR count). The monoisotopic (exact) mass is 441 g/mol. The van der Waals surface area contributed by atoms with Gasteiger partial charge in [0.25, 0.3) is 0 Å². The molecule has 0 atom stereocenters. The third-order valence-electron chi connectivity index (χ3n) is 4.56. The molecule has 0 aromatic heterocycles. The molecule has 0 aliphatic heterocycles. The minimum absolute atomic E-state index is 0.149. The van der Waals surface area contributed by atoms with Crippen LogP contribution in [0.3, 0.4) is 0 Å². The van der Waals surface area contributed by atoms with Gasteiger partial charge in [-0.25, -0.2) is 0 Å². The van der Waals surface area contributed by atoms with Crippen LogP contribution in [0.4, 0.5) is 30.2 Å². The highest BCUT2D eigenvalue weighted by Gasteiger charge is 2.30. The molecule has 8 heteroatoms. The average Bonchev–Trinajstić information content (AvgIpc) is 2.77. The van der Waals surface area contributed by atoms with Crippen molar-refractivity contribution >= 4 is 28.9 Å². The van der Waals surface area contributed by atoms with Crippen LogP contribution >= 0.6 is 0 Å². The lowest BCUT2D eigenvalue weighted by atomic mass is 10.1. The van der Waals surface area contributed by atoms with E-state index in [1.54, 1.807) is 24.3 Å². The van der Waals surface area contributed by atoms with Gasteiger partial charge in [-0.3, -0.25) is 9.59 Å². The van der Waals surface area contributed by atoms with Gasteiger partial charge in [-0.1, -0.05) is 42.5 Å². The summed E-state index contributed by atoms with van der Waals surface area (Å²) >= 11 is 0. The van der Waals surface area contributed by atoms with Gasteiger partial charge in [-0.05, 0) is 48.4 Å². The van der Waals surface area contributed by atoms with Gasteiger partial charge >= 0.3 is 6.18 Å². The summed E-state index contributed by atoms with van der Waals surface area (Å²) in [6, 6.07) is 20.9. The van der Waals surface area contributed by atoms with Crippen molar-refractivity contribution in [3.8, 4) is 0 Å². The zero-order valence-electron chi connectivity index (χ0n) is 17.1. The largest absolute Gasteiger partial charge is 0.416 e. The number of rotatable bonds is 8. The molecule has 5 nitrogen and oxygen atoms in total. The summed E-state index contributed by atoms with van der Waals surface area (Å²) in [4.78, 5) is 24.4. The minimum atomic E-state index is -4.45. The highest BCUT2D eigenvalue weighted by Crippen LogP contribution is 2.30. The fourth-order valence-corrected chi connectivity index (χ4v) is 2.99. The molecule has 0 aliphatic carbocycles. The number of hydrogen-bond donors (Lipinski definition) is 3. The van der Waals surface area contributed by atoms with Crippen LogP contribution in [-0.4, -0.2) is 18.4 Å². The van der Waals surface area contributed by atoms with Crippen LogP contribution in [0.1, 0.15) is 17.5 Å². The molecule has 0 radical (unpaired) electrons. The van der Waals surface area contributed by atoms with Crippen molar-refractivity contribution in [1.82, 2.24) is 0 Å². The third-order valence-corrected chi connectivity index (χ3v) is 4.56. The number of aryl methyl sites for hydroxylation is 1. The number of benzene rings is 3. The topological polar surface area (TPSA) is 70.2 Å². The Hall–Kier alpha value is -3.81. The van der Waals surface area contributed by atoms with Crippen molar-refractivity contribution in [1.29, 1.82) is 0 Å². The second-order valence-electron chi connectivity index (χ2n) is 7.09. The molecule has 0 saturated carbocycles. The predicted molar refractivity (Wildman–Crippen MR) is 118 cm³/mol. The third kappa shape index (κ3) is 7.16. The second-order valence-corrected chi connectivity index (χ2v) is 7.09. The van der Waals surface area contributed by atoms with E-state index in [1.165, 1.54) is 12.1 Å². The van der Waals surface area contributed by atoms with Crippen LogP contribution < -0.4 is 16.0 Å². The predicted octanol–water partition coefficient (Wildman–Crippen LogP) is 5.33. The number of hydrogen-bond acceptors (Lipinski definition) is 3. The molecule has 3 aromatic rings. The first kappa shape index (κ1) is 22.9. The maximum atomic E-state index is 12.8. The number of carbonyl (C=O) groups is 2. The van der Waals surface area contributed by atoms with Crippen LogP contribution in [-0.2, 0) is 22.2 Å². The maximum absolute atomic E-state index is 12.8. The first-order valence-electron chi connectivity index (χ1n) is 9.94. The quantitative estimate of drug-likeness (QED) is 0.443. The van der Waals surface area contributed by atoms with Gasteiger partial charge in [0, 0.05) is 23.5 Å². The Morgan fingerprint density at radius 2 is 1.34 bits per heavy atom. The van der Waals surface area contributed by atoms with Gasteiger partial charge in [-0.15, -0.1) is 0 Å². The molecule has 0 spiro atoms. The van der Waals surface area contributed by atoms with Crippen LogP contribution in [0.15, 0.2) is 78.9 Å². The molecule has 0 heterocycles. The van der Waals surface area contributed by atoms with Crippen molar-refractivity contribution in [3.63, 3.8) is 0 Å². The Balaban J connectivity index is 1.49. The Morgan fingerprint density at radius 1 is 0.719 bits per heavy atom. The fourth-order valence-electron chi connectivity index (χ4n) is 2.99. The molecular weight excluding hydrogens is 419 g/mol. The lowest BCUT2D eigenvalue weighted by molar-refractivity contribution is -0.137. The number of alkyl halides is 3. The lowest BCUT2D eigenvalue weighted by Gasteiger charge is -2.12. The summed E-state index contributed by atoms with van der Waals surface area (Å²) in [7, 11) is 0. The smallest absolute Gasteiger partial charge is 0.376 e. The van der Waals surface area contributed by atoms with E-state index in [-0.39, 0.29) is 18.1 Å². The summed E-state index contributed by atoms with van der Waals surface area (Å²) in [5.74, 6) is -0.585. The fraction of sp³-hybridized carbons (Fsp3) is 0.167. The van der Waals surface area contributed by atoms with Gasteiger partial charge in [0.1, 0.15) is 0 Å². The van der Waals surface area contributed by atoms with Crippen molar-refractivity contribution in [3.05, 3.63) is 90.0 Å². The number of nitrogens with one attached hydrogen (secondary N) is 3. The van der Waals surface area contributed by atoms with Crippen molar-refractivity contribution in [2.24, 2.45) is 0 Å². The zero-order chi connectivity index (χ0) is 23.0. The Labute approximate surface area is 183 Å². The molecule has 0 unspecified atom stereocenters. The van der Waals surface area contributed by atoms with E-state index >= 15 is 0 Å². The molecular formula is C24H22F3N3O2. The number of amides is 2. The van der Waals surface area contributed by atoms with E-state index in [0.717, 1.165) is 17.7 Å². The summed E-state index contributed by atoms with van der Waals surface area (Å²) in [5.41, 5.74) is 1.46. The van der Waals surface area contributed by atoms with Gasteiger partial charge < -0.3 is 16.0 Å². The van der Waals surface area contributed by atoms with Crippen molar-refractivity contribution < 1.29 is 22.8 Å². The normalized spacial score (nSPS) is 11.0. The number of anilines is 3. The standard InChI is InChI=1S/C24H22F3N3O2/c25-24(26,27)18-8-4-9-19(14-18)28-16-23(32)30-21-11-5-10-20(15-21)29-22(31)13-12-17-6-2-1-3-7-17/h1-11,14-15,28H,12-13,16H2,(H,29,31)(H,30,32). The zero-order valence-corrected chi connectivity index (χ0v) is 17.1. The highest BCUT2D eigenvalue weighted by atomic mass is 19.4. The first-order valence-corrected chi connectivity index (χ1v) is 9.94. The van der Waals surface area contributed by atoms with Crippen molar-refractivity contribution in [2.75, 3.05) is 22.5 Å². The van der Waals surface area contributed by atoms with Crippen molar-refractivity contribution in [2.45, 2.75) is 19.0 Å². The second kappa shape index (κ2) is 10.5. The molecule has 2 amide bonds. The van der Waals surface area contributed by atoms with E-state index in [1.807, 2.05) is 30.3 Å². The van der Waals surface area contributed by atoms with Crippen LogP contribution in [0.5, 0.6) is 0 Å². The average molecular weight is 441 g/mol. The SMILES string of the molecule is O=C(CCc1ccccc1)Nc1cccc(NC(=O)CNc2cccc(C(F)(F)F)c2)c1. The molecule has 3 N–H and O–H groups in total. The molecule has 32 heavy (non-hydrogen) atoms. The maximum Gasteiger partial charge on any atom is 0.416 e. The van der Waals surface area contributed by atoms with E-state index in [9.17, 15) is 22.8 Å². The summed E-state index contributed by atoms with van der Waals surface area (Å²) < 4.78 is 38.3. The lowest BCUT2D eigenvalue weighted by Crippen LogP contribution is -2.22. The molecule has 166 valence electrons. The molecule has 0 bridgehead atoms. The van der Waals surface area contributed by atoms with Gasteiger partial charge in [0.2, 0.25) is 11.8 Å². The van der Waals surface area contributed by atoms with E-state index in [2.05, 4.69) is 16.0 Å². The number of carbonyl (C=O) groups excluding carboxylic acids is 2. The Bertz CT molecular complexity index is 1070. The van der Waals surface area contributed by atoms with Crippen LogP contribution in [0, 0.1) is 0 Å². The summed E-state index contributed by atoms with van der Waals surface area (Å²) in [6.07, 6.45) is -3.52. The summed E-state index contributed by atoms with van der Waals surface area (Å²) in [5, 5.41) is 8.12. The van der Waals surface area contributed by atoms with E-state index < -0.39 is 17.6 Å². The van der Waals surface area contributed by atoms with Crippen LogP contribution in [0.2, 0.25) is 0 Å². The highest BCUT2D eigenvalue weighted by molar-refractivity contribution is 5.95. The molecule has 0 fully saturated rings. The van der Waals surface area contributed by atoms with Gasteiger partial charge in [-0.2, -0.15) is 13.2 Å². The molecule has 3 aromatic carbocycles. The Kier molecular flexibility index (Phi) is 7.49. The first-order chi connectivity index (χ1) is 15.3. The molecule has 0 saturated heterocycles. The van der Waals surface area contributed by atoms with E-state index in [0.29, 0.717) is 24.2 Å². The minimum Gasteiger partial charge on any atom is -0.376 e. The molecule has 0 aliphatic rings. The van der Waals surface area contributed by atoms with Gasteiger partial charge in [0.05, 0.1) is 12.1 Å². The van der Waals surface area contributed by atoms with Crippen LogP contribution in [0.25, 0.3) is 0 Å². The number of halogens is 3. The van der Waals surface area contributed by atoms with E-state index in [4.69, 9.17) is 0 Å².